The molecule has 0 radical (unpaired) electrons. The van der Waals surface area contributed by atoms with E-state index in [0.717, 1.165) is 0 Å². The Hall–Kier alpha value is -3.42. The van der Waals surface area contributed by atoms with Gasteiger partial charge in [-0.2, -0.15) is 4.89 Å². The van der Waals surface area contributed by atoms with E-state index < -0.39 is 48.1 Å². The predicted octanol–water partition coefficient (Wildman–Crippen LogP) is 4.43. The van der Waals surface area contributed by atoms with Crippen molar-refractivity contribution in [3.8, 4) is 11.5 Å². The number of aromatic hydroxyl groups is 1. The van der Waals surface area contributed by atoms with Crippen LogP contribution in [0.4, 0.5) is 10.5 Å². The third kappa shape index (κ3) is 8.82. The molecule has 6 atom stereocenters. The van der Waals surface area contributed by atoms with Crippen LogP contribution in [-0.4, -0.2) is 66.6 Å². The van der Waals surface area contributed by atoms with Crippen LogP contribution < -0.4 is 15.9 Å². The van der Waals surface area contributed by atoms with Gasteiger partial charge in [0.15, 0.2) is 11.9 Å². The zero-order chi connectivity index (χ0) is 32.8. The highest BCUT2D eigenvalue weighted by molar-refractivity contribution is 6.04. The number of primary amides is 1. The highest BCUT2D eigenvalue weighted by atomic mass is 17.2. The summed E-state index contributed by atoms with van der Waals surface area (Å²) in [5.74, 6) is -1.91. The van der Waals surface area contributed by atoms with Gasteiger partial charge < -0.3 is 45.1 Å². The number of nitrogens with one attached hydrogen (secondary N) is 1. The van der Waals surface area contributed by atoms with Crippen LogP contribution in [0, 0.1) is 11.8 Å². The number of phenolic OH excluding ortho intramolecular Hbond substituents is 1. The van der Waals surface area contributed by atoms with Crippen LogP contribution in [0.2, 0.25) is 0 Å². The van der Waals surface area contributed by atoms with Crippen molar-refractivity contribution in [1.29, 1.82) is 0 Å². The largest absolute Gasteiger partial charge is 0.505 e. The Morgan fingerprint density at radius 3 is 2.52 bits per heavy atom. The summed E-state index contributed by atoms with van der Waals surface area (Å²) in [6.45, 7) is 10.7. The Labute approximate surface area is 258 Å². The van der Waals surface area contributed by atoms with Crippen molar-refractivity contribution in [2.24, 2.45) is 17.6 Å². The number of allylic oxidation sites excluding steroid dienone is 2. The monoisotopic (exact) mass is 618 g/mol. The molecule has 12 heteroatoms. The Morgan fingerprint density at radius 2 is 1.89 bits per heavy atom. The molecule has 5 N–H and O–H groups in total. The predicted molar refractivity (Wildman–Crippen MR) is 163 cm³/mol. The maximum Gasteiger partial charge on any atom is 0.405 e. The molecule has 244 valence electrons. The lowest BCUT2D eigenvalue weighted by Gasteiger charge is -2.29. The molecule has 1 aromatic rings. The van der Waals surface area contributed by atoms with Gasteiger partial charge in [0.25, 0.3) is 5.91 Å². The van der Waals surface area contributed by atoms with Gasteiger partial charge in [-0.25, -0.2) is 4.79 Å². The van der Waals surface area contributed by atoms with Gasteiger partial charge in [-0.1, -0.05) is 38.2 Å². The molecule has 1 aromatic carbocycles. The molecule has 3 rings (SSSR count). The second-order valence-corrected chi connectivity index (χ2v) is 11.9. The summed E-state index contributed by atoms with van der Waals surface area (Å²) in [6.07, 6.45) is 3.16. The second kappa shape index (κ2) is 15.0. The number of methoxy groups -OCH3 is 2. The van der Waals surface area contributed by atoms with E-state index in [9.17, 15) is 19.8 Å². The van der Waals surface area contributed by atoms with E-state index in [4.69, 9.17) is 34.5 Å². The summed E-state index contributed by atoms with van der Waals surface area (Å²) in [5.41, 5.74) is 7.49. The first-order chi connectivity index (χ1) is 20.7. The number of benzene rings is 1. The molecule has 0 spiro atoms. The molecule has 2 aliphatic rings. The molecule has 2 amide bonds. The summed E-state index contributed by atoms with van der Waals surface area (Å²) in [7, 11) is 2.98. The Morgan fingerprint density at radius 1 is 1.18 bits per heavy atom. The summed E-state index contributed by atoms with van der Waals surface area (Å²) in [4.78, 5) is 36.2. The number of anilines is 1. The fraction of sp³-hybridized carbons (Fsp3) is 0.562. The van der Waals surface area contributed by atoms with Crippen LogP contribution in [0.1, 0.15) is 59.1 Å². The van der Waals surface area contributed by atoms with E-state index >= 15 is 0 Å². The minimum absolute atomic E-state index is 0.111. The van der Waals surface area contributed by atoms with Gasteiger partial charge in [-0.15, -0.1) is 0 Å². The summed E-state index contributed by atoms with van der Waals surface area (Å²) >= 11 is 0. The third-order valence-electron chi connectivity index (χ3n) is 7.78. The number of hydrogen-bond acceptors (Lipinski definition) is 10. The molecular weight excluding hydrogens is 572 g/mol. The van der Waals surface area contributed by atoms with Crippen molar-refractivity contribution in [2.45, 2.75) is 91.2 Å². The number of phenols is 1. The number of aliphatic hydroxyl groups is 1. The van der Waals surface area contributed by atoms with Crippen molar-refractivity contribution in [3.63, 3.8) is 0 Å². The number of aliphatic hydroxyl groups excluding tert-OH is 1. The number of hydrogen-bond donors (Lipinski definition) is 4. The maximum absolute atomic E-state index is 13.2. The first kappa shape index (κ1) is 35.1. The van der Waals surface area contributed by atoms with Gasteiger partial charge in [0.2, 0.25) is 5.79 Å². The second-order valence-electron chi connectivity index (χ2n) is 11.9. The topological polar surface area (TPSA) is 168 Å². The average Bonchev–Trinajstić information content (AvgIpc) is 3.11. The molecule has 44 heavy (non-hydrogen) atoms. The highest BCUT2D eigenvalue weighted by Gasteiger charge is 2.33. The molecular formula is C32H46N2O10. The lowest BCUT2D eigenvalue weighted by molar-refractivity contribution is -0.361. The molecule has 2 heterocycles. The smallest absolute Gasteiger partial charge is 0.405 e. The minimum Gasteiger partial charge on any atom is -0.505 e. The lowest BCUT2D eigenvalue weighted by atomic mass is 9.87. The Balaban J connectivity index is 2.13. The SMILES string of the molecule is CO[C@H]1/C=C\C=C(\C)C(=O)Nc2cc3c(c(c2O)C[C@H](C)C[C@H](OC)[C@H](O)[C@@H](C)/C=C(/C)[C@@H]1OC(N)=O)OOC(C)(C)OC3. The Kier molecular flexibility index (Phi) is 12.0. The highest BCUT2D eigenvalue weighted by Crippen LogP contribution is 2.43. The van der Waals surface area contributed by atoms with Gasteiger partial charge in [0.1, 0.15) is 11.9 Å². The van der Waals surface area contributed by atoms with Crippen molar-refractivity contribution in [2.75, 3.05) is 19.5 Å². The van der Waals surface area contributed by atoms with Gasteiger partial charge in [-0.3, -0.25) is 4.79 Å². The van der Waals surface area contributed by atoms with Crippen LogP contribution in [0.15, 0.2) is 41.5 Å². The number of ether oxygens (including phenoxy) is 4. The summed E-state index contributed by atoms with van der Waals surface area (Å²) in [5, 5.41) is 25.5. The zero-order valence-corrected chi connectivity index (χ0v) is 26.7. The fourth-order valence-corrected chi connectivity index (χ4v) is 5.29. The van der Waals surface area contributed by atoms with Crippen molar-refractivity contribution in [1.82, 2.24) is 0 Å². The normalized spacial score (nSPS) is 31.5. The molecule has 0 saturated carbocycles. The van der Waals surface area contributed by atoms with Crippen LogP contribution >= 0.6 is 0 Å². The van der Waals surface area contributed by atoms with E-state index in [1.54, 1.807) is 58.1 Å². The zero-order valence-electron chi connectivity index (χ0n) is 26.7. The molecule has 2 bridgehead atoms. The third-order valence-corrected chi connectivity index (χ3v) is 7.78. The van der Waals surface area contributed by atoms with E-state index in [0.29, 0.717) is 40.9 Å². The number of nitrogens with two attached hydrogens (primary N) is 1. The van der Waals surface area contributed by atoms with Crippen molar-refractivity contribution in [3.05, 3.63) is 52.6 Å². The van der Waals surface area contributed by atoms with Crippen LogP contribution in [0.5, 0.6) is 11.5 Å². The average molecular weight is 619 g/mol. The molecule has 12 nitrogen and oxygen atoms in total. The summed E-state index contributed by atoms with van der Waals surface area (Å²) < 4.78 is 22.5. The number of amides is 2. The number of carbonyl (C=O) groups is 2. The van der Waals surface area contributed by atoms with Crippen LogP contribution in [-0.2, 0) is 41.7 Å². The van der Waals surface area contributed by atoms with Crippen LogP contribution in [0.3, 0.4) is 0 Å². The quantitative estimate of drug-likeness (QED) is 0.216. The fourth-order valence-electron chi connectivity index (χ4n) is 5.29. The molecule has 0 aliphatic carbocycles. The number of rotatable bonds is 3. The van der Waals surface area contributed by atoms with Crippen LogP contribution in [0.25, 0.3) is 0 Å². The van der Waals surface area contributed by atoms with Gasteiger partial charge in [0.05, 0.1) is 24.5 Å². The van der Waals surface area contributed by atoms with Gasteiger partial charge in [-0.05, 0) is 58.1 Å². The molecule has 0 aromatic heterocycles. The first-order valence-corrected chi connectivity index (χ1v) is 14.6. The van der Waals surface area contributed by atoms with E-state index in [2.05, 4.69) is 5.32 Å². The van der Waals surface area contributed by atoms with E-state index in [1.165, 1.54) is 14.2 Å². The summed E-state index contributed by atoms with van der Waals surface area (Å²) in [6, 6.07) is 1.59. The first-order valence-electron chi connectivity index (χ1n) is 14.6. The van der Waals surface area contributed by atoms with E-state index in [-0.39, 0.29) is 24.0 Å². The molecule has 0 unspecified atom stereocenters. The minimum atomic E-state index is -1.05. The number of fused-ring (bicyclic) bond motifs is 4. The molecule has 2 aliphatic heterocycles. The van der Waals surface area contributed by atoms with Crippen molar-refractivity contribution < 1.29 is 48.5 Å². The standard InChI is InChI=1S/C32H46N2O10/c1-17-12-22-27(36)23(15-21-16-41-32(5,6)44-43-29(21)22)34-30(37)18(2)10-9-11-24(39-7)28(42-31(33)38)20(4)14-19(3)26(35)25(13-17)40-8/h9-11,14-15,17,19,24-26,28,35-36H,12-13,16H2,1-8H3,(H2,33,38)(H,34,37)/b11-9-,18-10-,20-14-/t17-,19-,24-,25-,26+,28-/m0/s1. The maximum atomic E-state index is 13.2. The Bertz CT molecular complexity index is 1290. The molecule has 0 saturated heterocycles. The lowest BCUT2D eigenvalue weighted by Crippen LogP contribution is -2.37. The molecule has 0 fully saturated rings. The van der Waals surface area contributed by atoms with E-state index in [1.807, 2.05) is 13.8 Å². The van der Waals surface area contributed by atoms with Crippen molar-refractivity contribution >= 4 is 17.7 Å². The van der Waals surface area contributed by atoms with Gasteiger partial charge in [0, 0.05) is 36.8 Å². The van der Waals surface area contributed by atoms with Gasteiger partial charge >= 0.3 is 6.09 Å². The number of carbonyl (C=O) groups excluding carboxylic acids is 2.